The van der Waals surface area contributed by atoms with Crippen molar-refractivity contribution in [2.45, 2.75) is 56.2 Å². The summed E-state index contributed by atoms with van der Waals surface area (Å²) in [6.07, 6.45) is 0. The maximum absolute atomic E-state index is 2.69. The van der Waals surface area contributed by atoms with Crippen LogP contribution in [0.15, 0.2) is 10.6 Å². The number of rotatable bonds is 5. The van der Waals surface area contributed by atoms with Gasteiger partial charge in [0.15, 0.2) is 0 Å². The van der Waals surface area contributed by atoms with Gasteiger partial charge in [0, 0.05) is 0 Å². The minimum atomic E-state index is -1.48. The molecule has 0 nitrogen and oxygen atoms in total. The van der Waals surface area contributed by atoms with E-state index in [1.807, 2.05) is 0 Å². The van der Waals surface area contributed by atoms with Crippen molar-refractivity contribution in [2.24, 2.45) is 0 Å². The Labute approximate surface area is 88.2 Å². The van der Waals surface area contributed by atoms with Crippen LogP contribution in [-0.2, 0) is 0 Å². The summed E-state index contributed by atoms with van der Waals surface area (Å²) in [5.41, 5.74) is 2.59. The first-order chi connectivity index (χ1) is 5.89. The first-order valence-corrected chi connectivity index (χ1v) is 14.8. The van der Waals surface area contributed by atoms with E-state index in [4.69, 9.17) is 0 Å². The summed E-state index contributed by atoms with van der Waals surface area (Å²) >= 11 is -1.48. The van der Waals surface area contributed by atoms with Crippen molar-refractivity contribution in [1.29, 1.82) is 0 Å². The molecule has 0 fully saturated rings. The molecule has 0 heterocycles. The van der Waals surface area contributed by atoms with E-state index in [0.29, 0.717) is 0 Å². The van der Waals surface area contributed by atoms with Gasteiger partial charge in [-0.15, -0.1) is 0 Å². The first-order valence-electron chi connectivity index (χ1n) is 5.59. The molecule has 0 rings (SSSR count). The van der Waals surface area contributed by atoms with Crippen LogP contribution in [0.25, 0.3) is 0 Å². The summed E-state index contributed by atoms with van der Waals surface area (Å²) in [6.45, 7) is 14.5. The van der Waals surface area contributed by atoms with E-state index >= 15 is 0 Å². The topological polar surface area (TPSA) is 0 Å². The molecule has 0 aliphatic carbocycles. The predicted octanol–water partition coefficient (Wildman–Crippen LogP) is 4.47. The zero-order valence-electron chi connectivity index (χ0n) is 10.3. The Morgan fingerprint density at radius 2 is 1.31 bits per heavy atom. The number of hydrogen-bond donors (Lipinski definition) is 0. The Hall–Kier alpha value is 0.500. The molecule has 0 unspecified atom stereocenters. The van der Waals surface area contributed by atoms with Gasteiger partial charge in [-0.25, -0.2) is 0 Å². The van der Waals surface area contributed by atoms with Crippen molar-refractivity contribution >= 4 is 21.3 Å². The van der Waals surface area contributed by atoms with Crippen molar-refractivity contribution in [1.82, 2.24) is 0 Å². The first kappa shape index (κ1) is 13.5. The molecule has 0 aliphatic heterocycles. The quantitative estimate of drug-likeness (QED) is 0.639. The molecule has 0 amide bonds. The van der Waals surface area contributed by atoms with Gasteiger partial charge in [-0.3, -0.25) is 0 Å². The van der Waals surface area contributed by atoms with Gasteiger partial charge in [0.2, 0.25) is 0 Å². The molecule has 0 saturated heterocycles. The van der Waals surface area contributed by atoms with Gasteiger partial charge >= 0.3 is 88.1 Å². The normalized spacial score (nSPS) is 14.0. The zero-order chi connectivity index (χ0) is 10.5. The van der Waals surface area contributed by atoms with Crippen LogP contribution >= 0.6 is 0 Å². The van der Waals surface area contributed by atoms with Crippen molar-refractivity contribution in [3.8, 4) is 0 Å². The molecule has 0 N–H and O–H groups in total. The van der Waals surface area contributed by atoms with Gasteiger partial charge in [0.1, 0.15) is 0 Å². The van der Waals surface area contributed by atoms with Crippen molar-refractivity contribution in [2.75, 3.05) is 0 Å². The maximum atomic E-state index is 2.69. The van der Waals surface area contributed by atoms with E-state index in [1.165, 1.54) is 15.8 Å². The molecule has 0 aromatic heterocycles. The third kappa shape index (κ3) is 5.06. The standard InChI is InChI=1S/C11H26GeSi/c1-7-12(8-2,9-3)10-11-13(4,5)6/h10-11H,7-9H2,1-6H3/b11-10+. The molecule has 0 bridgehead atoms. The minimum absolute atomic E-state index is 0.949. The molecule has 2 heteroatoms. The molecule has 13 heavy (non-hydrogen) atoms. The molecule has 0 aliphatic rings. The van der Waals surface area contributed by atoms with E-state index in [0.717, 1.165) is 0 Å². The molecular weight excluding hydrogens is 233 g/mol. The van der Waals surface area contributed by atoms with E-state index in [2.05, 4.69) is 51.0 Å². The van der Waals surface area contributed by atoms with Crippen molar-refractivity contribution in [3.05, 3.63) is 10.6 Å². The Bertz CT molecular complexity index is 155. The Morgan fingerprint density at radius 1 is 0.923 bits per heavy atom. The second kappa shape index (κ2) is 5.40. The van der Waals surface area contributed by atoms with Crippen LogP contribution in [0.2, 0.25) is 35.4 Å². The average molecular weight is 259 g/mol. The predicted molar refractivity (Wildman–Crippen MR) is 69.7 cm³/mol. The molecule has 78 valence electrons. The summed E-state index contributed by atoms with van der Waals surface area (Å²) in [5, 5.41) is 4.40. The van der Waals surface area contributed by atoms with E-state index in [-0.39, 0.29) is 0 Å². The van der Waals surface area contributed by atoms with Crippen LogP contribution in [-0.4, -0.2) is 21.3 Å². The average Bonchev–Trinajstić information content (AvgIpc) is 2.06. The summed E-state index contributed by atoms with van der Waals surface area (Å²) in [6, 6.07) is 0. The molecule has 0 spiro atoms. The van der Waals surface area contributed by atoms with E-state index in [1.54, 1.807) is 0 Å². The fourth-order valence-corrected chi connectivity index (χ4v) is 12.4. The third-order valence-electron chi connectivity index (χ3n) is 3.05. The Kier molecular flexibility index (Phi) is 5.61. The SMILES string of the molecule is C[CH2][Ge](/[CH]=C/[Si](C)(C)C)([CH2]C)[CH2]C. The summed E-state index contributed by atoms with van der Waals surface area (Å²) < 4.78 is 0. The zero-order valence-corrected chi connectivity index (χ0v) is 13.4. The Morgan fingerprint density at radius 3 is 1.54 bits per heavy atom. The molecular formula is C11H26GeSi. The van der Waals surface area contributed by atoms with Crippen LogP contribution < -0.4 is 0 Å². The van der Waals surface area contributed by atoms with Crippen LogP contribution in [0.5, 0.6) is 0 Å². The summed E-state index contributed by atoms with van der Waals surface area (Å²) in [5.74, 6) is 0. The van der Waals surface area contributed by atoms with Gasteiger partial charge in [0.25, 0.3) is 0 Å². The Balaban J connectivity index is 4.51. The van der Waals surface area contributed by atoms with Gasteiger partial charge in [-0.2, -0.15) is 0 Å². The van der Waals surface area contributed by atoms with Gasteiger partial charge in [0.05, 0.1) is 0 Å². The van der Waals surface area contributed by atoms with Crippen LogP contribution in [0.3, 0.4) is 0 Å². The molecule has 0 saturated carbocycles. The van der Waals surface area contributed by atoms with E-state index < -0.39 is 21.3 Å². The fraction of sp³-hybridized carbons (Fsp3) is 0.818. The van der Waals surface area contributed by atoms with Gasteiger partial charge < -0.3 is 0 Å². The third-order valence-corrected chi connectivity index (χ3v) is 15.6. The molecule has 0 radical (unpaired) electrons. The number of hydrogen-bond acceptors (Lipinski definition) is 0. The second-order valence-corrected chi connectivity index (χ2v) is 21.1. The summed E-state index contributed by atoms with van der Waals surface area (Å²) in [7, 11) is -0.949. The van der Waals surface area contributed by atoms with Gasteiger partial charge in [-0.05, 0) is 0 Å². The fourth-order valence-electron chi connectivity index (χ4n) is 1.53. The van der Waals surface area contributed by atoms with Crippen LogP contribution in [0.4, 0.5) is 0 Å². The van der Waals surface area contributed by atoms with Crippen LogP contribution in [0, 0.1) is 0 Å². The molecule has 0 aromatic rings. The summed E-state index contributed by atoms with van der Waals surface area (Å²) in [4.78, 5) is 2.69. The molecule has 0 aromatic carbocycles. The van der Waals surface area contributed by atoms with Crippen molar-refractivity contribution < 1.29 is 0 Å². The monoisotopic (exact) mass is 260 g/mol. The second-order valence-electron chi connectivity index (χ2n) is 5.12. The van der Waals surface area contributed by atoms with E-state index in [9.17, 15) is 0 Å². The van der Waals surface area contributed by atoms with Crippen molar-refractivity contribution in [3.63, 3.8) is 0 Å². The van der Waals surface area contributed by atoms with Gasteiger partial charge in [-0.1, -0.05) is 0 Å². The van der Waals surface area contributed by atoms with Crippen LogP contribution in [0.1, 0.15) is 20.8 Å². The molecule has 0 atom stereocenters.